The maximum Gasteiger partial charge on any atom is 0.259 e. The van der Waals surface area contributed by atoms with Crippen molar-refractivity contribution in [3.8, 4) is 0 Å². The van der Waals surface area contributed by atoms with Gasteiger partial charge in [0.05, 0.1) is 6.20 Å². The molecule has 1 unspecified atom stereocenters. The van der Waals surface area contributed by atoms with Crippen LogP contribution < -0.4 is 5.32 Å². The van der Waals surface area contributed by atoms with Crippen molar-refractivity contribution in [1.29, 1.82) is 0 Å². The van der Waals surface area contributed by atoms with Crippen molar-refractivity contribution in [3.63, 3.8) is 0 Å². The predicted molar refractivity (Wildman–Crippen MR) is 64.0 cm³/mol. The number of nitrogens with zero attached hydrogens (tertiary/aromatic N) is 2. The minimum absolute atomic E-state index is 0.0679. The third-order valence-corrected chi connectivity index (χ3v) is 5.03. The van der Waals surface area contributed by atoms with Crippen molar-refractivity contribution in [3.05, 3.63) is 12.3 Å². The summed E-state index contributed by atoms with van der Waals surface area (Å²) in [4.78, 5) is 0. The molecule has 1 aliphatic heterocycles. The van der Waals surface area contributed by atoms with Gasteiger partial charge in [0.2, 0.25) is 0 Å². The van der Waals surface area contributed by atoms with Gasteiger partial charge in [0.1, 0.15) is 0 Å². The zero-order valence-corrected chi connectivity index (χ0v) is 10.7. The zero-order valence-electron chi connectivity index (χ0n) is 9.89. The van der Waals surface area contributed by atoms with Gasteiger partial charge in [0.15, 0.2) is 5.03 Å². The number of sulfonamides is 1. The number of nitrogens with one attached hydrogen (secondary N) is 2. The lowest BCUT2D eigenvalue weighted by atomic mass is 10.1. The van der Waals surface area contributed by atoms with Crippen molar-refractivity contribution in [2.75, 3.05) is 20.1 Å². The molecule has 0 aliphatic carbocycles. The van der Waals surface area contributed by atoms with E-state index in [0.29, 0.717) is 0 Å². The van der Waals surface area contributed by atoms with Gasteiger partial charge in [0, 0.05) is 13.1 Å². The second-order valence-electron chi connectivity index (χ2n) is 4.28. The number of H-pyrrole nitrogens is 1. The maximum absolute atomic E-state index is 12.2. The first-order chi connectivity index (χ1) is 8.12. The molecule has 0 aromatic carbocycles. The molecule has 17 heavy (non-hydrogen) atoms. The first-order valence-electron chi connectivity index (χ1n) is 5.80. The van der Waals surface area contributed by atoms with E-state index >= 15 is 0 Å². The average molecular weight is 258 g/mol. The molecule has 2 N–H and O–H groups in total. The molecule has 0 spiro atoms. The number of hydrogen-bond donors (Lipinski definition) is 2. The second kappa shape index (κ2) is 5.16. The lowest BCUT2D eigenvalue weighted by Crippen LogP contribution is -2.37. The van der Waals surface area contributed by atoms with Gasteiger partial charge in [-0.1, -0.05) is 0 Å². The fourth-order valence-electron chi connectivity index (χ4n) is 2.10. The van der Waals surface area contributed by atoms with E-state index in [1.54, 1.807) is 7.05 Å². The Labute approximate surface area is 101 Å². The Balaban J connectivity index is 2.15. The summed E-state index contributed by atoms with van der Waals surface area (Å²) in [5.74, 6) is 0. The maximum atomic E-state index is 12.2. The van der Waals surface area contributed by atoms with E-state index in [9.17, 15) is 8.42 Å². The van der Waals surface area contributed by atoms with Crippen molar-refractivity contribution in [1.82, 2.24) is 19.8 Å². The third kappa shape index (κ3) is 2.67. The molecule has 0 amide bonds. The molecule has 1 saturated heterocycles. The molecule has 6 nitrogen and oxygen atoms in total. The van der Waals surface area contributed by atoms with Crippen LogP contribution >= 0.6 is 0 Å². The molecule has 1 aromatic rings. The van der Waals surface area contributed by atoms with E-state index in [1.807, 2.05) is 0 Å². The van der Waals surface area contributed by atoms with Crippen LogP contribution in [0.5, 0.6) is 0 Å². The van der Waals surface area contributed by atoms with Crippen molar-refractivity contribution < 1.29 is 8.42 Å². The number of rotatable bonds is 3. The summed E-state index contributed by atoms with van der Waals surface area (Å²) in [7, 11) is -1.78. The minimum atomic E-state index is -3.42. The smallest absolute Gasteiger partial charge is 0.259 e. The molecule has 1 aromatic heterocycles. The average Bonchev–Trinajstić information content (AvgIpc) is 2.72. The van der Waals surface area contributed by atoms with Crippen LogP contribution in [0, 0.1) is 0 Å². The quantitative estimate of drug-likeness (QED) is 0.810. The lowest BCUT2D eigenvalue weighted by Gasteiger charge is -2.25. The topological polar surface area (TPSA) is 78.1 Å². The molecule has 2 heterocycles. The van der Waals surface area contributed by atoms with E-state index in [0.717, 1.165) is 32.4 Å². The normalized spacial score (nSPS) is 22.6. The molecule has 1 aliphatic rings. The minimum Gasteiger partial charge on any atom is -0.317 e. The number of hydrogen-bond acceptors (Lipinski definition) is 4. The fourth-order valence-corrected chi connectivity index (χ4v) is 3.42. The summed E-state index contributed by atoms with van der Waals surface area (Å²) < 4.78 is 25.9. The van der Waals surface area contributed by atoms with Crippen molar-refractivity contribution in [2.24, 2.45) is 0 Å². The third-order valence-electron chi connectivity index (χ3n) is 3.19. The molecular formula is C10H18N4O2S. The predicted octanol–water partition coefficient (Wildman–Crippen LogP) is 0.172. The molecule has 1 atom stereocenters. The van der Waals surface area contributed by atoms with Gasteiger partial charge in [-0.3, -0.25) is 5.10 Å². The molecule has 2 rings (SSSR count). The highest BCUT2D eigenvalue weighted by molar-refractivity contribution is 7.89. The first-order valence-corrected chi connectivity index (χ1v) is 7.24. The first kappa shape index (κ1) is 12.5. The molecule has 0 radical (unpaired) electrons. The fraction of sp³-hybridized carbons (Fsp3) is 0.700. The summed E-state index contributed by atoms with van der Waals surface area (Å²) in [6.07, 6.45) is 4.21. The SMILES string of the molecule is CN(C1CCCNCC1)S(=O)(=O)c1ccn[nH]1. The number of aromatic nitrogens is 2. The Hall–Kier alpha value is -0.920. The van der Waals surface area contributed by atoms with Crippen LogP contribution in [0.4, 0.5) is 0 Å². The van der Waals surface area contributed by atoms with Gasteiger partial charge in [-0.05, 0) is 38.4 Å². The molecule has 0 saturated carbocycles. The van der Waals surface area contributed by atoms with Crippen LogP contribution in [0.1, 0.15) is 19.3 Å². The van der Waals surface area contributed by atoms with E-state index < -0.39 is 10.0 Å². The van der Waals surface area contributed by atoms with Gasteiger partial charge in [0.25, 0.3) is 10.0 Å². The van der Waals surface area contributed by atoms with Crippen LogP contribution in [0.2, 0.25) is 0 Å². The number of aromatic amines is 1. The summed E-state index contributed by atoms with van der Waals surface area (Å²) in [5.41, 5.74) is 0. The highest BCUT2D eigenvalue weighted by atomic mass is 32.2. The summed E-state index contributed by atoms with van der Waals surface area (Å²) in [6.45, 7) is 1.84. The Morgan fingerprint density at radius 1 is 1.41 bits per heavy atom. The van der Waals surface area contributed by atoms with Gasteiger partial charge in [-0.25, -0.2) is 8.42 Å². The largest absolute Gasteiger partial charge is 0.317 e. The Kier molecular flexibility index (Phi) is 3.80. The summed E-state index contributed by atoms with van der Waals surface area (Å²) in [6, 6.07) is 1.55. The van der Waals surface area contributed by atoms with Crippen LogP contribution in [0.15, 0.2) is 17.3 Å². The van der Waals surface area contributed by atoms with Gasteiger partial charge in [-0.2, -0.15) is 9.40 Å². The van der Waals surface area contributed by atoms with Crippen molar-refractivity contribution >= 4 is 10.0 Å². The van der Waals surface area contributed by atoms with Crippen molar-refractivity contribution in [2.45, 2.75) is 30.3 Å². The molecular weight excluding hydrogens is 240 g/mol. The van der Waals surface area contributed by atoms with Crippen LogP contribution in [-0.4, -0.2) is 49.1 Å². The Morgan fingerprint density at radius 2 is 2.24 bits per heavy atom. The Bertz CT molecular complexity index is 435. The molecule has 96 valence electrons. The molecule has 0 bridgehead atoms. The molecule has 7 heteroatoms. The van der Waals surface area contributed by atoms with Crippen LogP contribution in [0.25, 0.3) is 0 Å². The molecule has 1 fully saturated rings. The highest BCUT2D eigenvalue weighted by Gasteiger charge is 2.29. The van der Waals surface area contributed by atoms with Gasteiger partial charge >= 0.3 is 0 Å². The summed E-state index contributed by atoms with van der Waals surface area (Å²) >= 11 is 0. The standard InChI is InChI=1S/C10H18N4O2S/c1-14(9-3-2-6-11-7-4-9)17(15,16)10-5-8-12-13-10/h5,8-9,11H,2-4,6-7H2,1H3,(H,12,13). The van der Waals surface area contributed by atoms with Gasteiger partial charge < -0.3 is 5.32 Å². The second-order valence-corrected chi connectivity index (χ2v) is 6.24. The highest BCUT2D eigenvalue weighted by Crippen LogP contribution is 2.19. The summed E-state index contributed by atoms with van der Waals surface area (Å²) in [5, 5.41) is 9.65. The van der Waals surface area contributed by atoms with Gasteiger partial charge in [-0.15, -0.1) is 0 Å². The van der Waals surface area contributed by atoms with E-state index in [1.165, 1.54) is 16.6 Å². The Morgan fingerprint density at radius 3 is 2.94 bits per heavy atom. The lowest BCUT2D eigenvalue weighted by molar-refractivity contribution is 0.340. The van der Waals surface area contributed by atoms with E-state index in [-0.39, 0.29) is 11.1 Å². The van der Waals surface area contributed by atoms with E-state index in [2.05, 4.69) is 15.5 Å². The van der Waals surface area contributed by atoms with E-state index in [4.69, 9.17) is 0 Å². The van der Waals surface area contributed by atoms with Crippen LogP contribution in [0.3, 0.4) is 0 Å². The monoisotopic (exact) mass is 258 g/mol. The zero-order chi connectivity index (χ0) is 12.3. The van der Waals surface area contributed by atoms with Crippen LogP contribution in [-0.2, 0) is 10.0 Å².